The first kappa shape index (κ1) is 13.4. The van der Waals surface area contributed by atoms with Crippen LogP contribution in [0.4, 0.5) is 5.69 Å². The molecule has 100 valence electrons. The van der Waals surface area contributed by atoms with Gasteiger partial charge in [0.15, 0.2) is 0 Å². The van der Waals surface area contributed by atoms with Crippen LogP contribution in [0.3, 0.4) is 0 Å². The standard InChI is InChI=1S/C16H19NO2/c17-16-9-5-4-6-14(16)10-11-18-12-13-19-15-7-2-1-3-8-15/h1-9H,10-13,17H2. The van der Waals surface area contributed by atoms with Crippen molar-refractivity contribution in [1.29, 1.82) is 0 Å². The molecule has 0 aliphatic heterocycles. The number of rotatable bonds is 7. The fraction of sp³-hybridized carbons (Fsp3) is 0.250. The molecule has 19 heavy (non-hydrogen) atoms. The zero-order valence-corrected chi connectivity index (χ0v) is 10.9. The topological polar surface area (TPSA) is 44.5 Å². The van der Waals surface area contributed by atoms with Crippen LogP contribution in [0.25, 0.3) is 0 Å². The van der Waals surface area contributed by atoms with Crippen LogP contribution in [0, 0.1) is 0 Å². The summed E-state index contributed by atoms with van der Waals surface area (Å²) in [6.07, 6.45) is 0.831. The Hall–Kier alpha value is -2.00. The summed E-state index contributed by atoms with van der Waals surface area (Å²) in [5.41, 5.74) is 7.81. The molecule has 3 nitrogen and oxygen atoms in total. The maximum Gasteiger partial charge on any atom is 0.119 e. The molecule has 0 unspecified atom stereocenters. The van der Waals surface area contributed by atoms with Crippen LogP contribution >= 0.6 is 0 Å². The number of benzene rings is 2. The van der Waals surface area contributed by atoms with Crippen molar-refractivity contribution in [2.75, 3.05) is 25.6 Å². The van der Waals surface area contributed by atoms with Crippen molar-refractivity contribution in [3.05, 3.63) is 60.2 Å². The summed E-state index contributed by atoms with van der Waals surface area (Å²) in [5, 5.41) is 0. The van der Waals surface area contributed by atoms with E-state index in [1.54, 1.807) is 0 Å². The van der Waals surface area contributed by atoms with Crippen molar-refractivity contribution in [3.8, 4) is 5.75 Å². The van der Waals surface area contributed by atoms with Crippen LogP contribution in [-0.4, -0.2) is 19.8 Å². The zero-order valence-electron chi connectivity index (χ0n) is 10.9. The first-order valence-corrected chi connectivity index (χ1v) is 6.45. The fourth-order valence-corrected chi connectivity index (χ4v) is 1.78. The summed E-state index contributed by atoms with van der Waals surface area (Å²) in [7, 11) is 0. The number of nitrogen functional groups attached to an aromatic ring is 1. The van der Waals surface area contributed by atoms with Crippen LogP contribution in [0.2, 0.25) is 0 Å². The minimum Gasteiger partial charge on any atom is -0.491 e. The lowest BCUT2D eigenvalue weighted by molar-refractivity contribution is 0.102. The first-order valence-electron chi connectivity index (χ1n) is 6.45. The van der Waals surface area contributed by atoms with Crippen LogP contribution in [0.1, 0.15) is 5.56 Å². The van der Waals surface area contributed by atoms with E-state index < -0.39 is 0 Å². The summed E-state index contributed by atoms with van der Waals surface area (Å²) < 4.78 is 11.1. The van der Waals surface area contributed by atoms with E-state index in [4.69, 9.17) is 15.2 Å². The number of hydrogen-bond donors (Lipinski definition) is 1. The lowest BCUT2D eigenvalue weighted by Gasteiger charge is -2.08. The highest BCUT2D eigenvalue weighted by Gasteiger charge is 1.98. The Balaban J connectivity index is 1.59. The number of ether oxygens (including phenoxy) is 2. The minimum absolute atomic E-state index is 0.564. The SMILES string of the molecule is Nc1ccccc1CCOCCOc1ccccc1. The lowest BCUT2D eigenvalue weighted by Crippen LogP contribution is -2.09. The summed E-state index contributed by atoms with van der Waals surface area (Å²) in [4.78, 5) is 0. The van der Waals surface area contributed by atoms with E-state index in [0.29, 0.717) is 19.8 Å². The Bertz CT molecular complexity index is 485. The Morgan fingerprint density at radius 1 is 0.789 bits per heavy atom. The van der Waals surface area contributed by atoms with Gasteiger partial charge in [-0.1, -0.05) is 36.4 Å². The monoisotopic (exact) mass is 257 g/mol. The first-order chi connectivity index (χ1) is 9.36. The number of anilines is 1. The van der Waals surface area contributed by atoms with Crippen molar-refractivity contribution < 1.29 is 9.47 Å². The molecule has 0 amide bonds. The van der Waals surface area contributed by atoms with Crippen LogP contribution in [-0.2, 0) is 11.2 Å². The van der Waals surface area contributed by atoms with Gasteiger partial charge < -0.3 is 15.2 Å². The average molecular weight is 257 g/mol. The molecule has 0 saturated heterocycles. The van der Waals surface area contributed by atoms with Crippen molar-refractivity contribution in [1.82, 2.24) is 0 Å². The zero-order chi connectivity index (χ0) is 13.3. The molecule has 2 aromatic rings. The van der Waals surface area contributed by atoms with E-state index in [0.717, 1.165) is 23.4 Å². The molecule has 2 N–H and O–H groups in total. The maximum atomic E-state index is 5.86. The third-order valence-electron chi connectivity index (χ3n) is 2.81. The lowest BCUT2D eigenvalue weighted by atomic mass is 10.1. The molecular formula is C16H19NO2. The van der Waals surface area contributed by atoms with Gasteiger partial charge in [-0.2, -0.15) is 0 Å². The second-order valence-corrected chi connectivity index (χ2v) is 4.22. The molecule has 0 aromatic heterocycles. The van der Waals surface area contributed by atoms with Crippen LogP contribution < -0.4 is 10.5 Å². The normalized spacial score (nSPS) is 10.3. The van der Waals surface area contributed by atoms with Gasteiger partial charge in [-0.25, -0.2) is 0 Å². The predicted molar refractivity (Wildman–Crippen MR) is 77.3 cm³/mol. The number of hydrogen-bond acceptors (Lipinski definition) is 3. The quantitative estimate of drug-likeness (QED) is 0.612. The van der Waals surface area contributed by atoms with E-state index in [9.17, 15) is 0 Å². The van der Waals surface area contributed by atoms with Gasteiger partial charge in [-0.05, 0) is 30.2 Å². The summed E-state index contributed by atoms with van der Waals surface area (Å²) in [5.74, 6) is 0.874. The van der Waals surface area contributed by atoms with E-state index in [1.807, 2.05) is 54.6 Å². The molecule has 0 aliphatic rings. The Morgan fingerprint density at radius 3 is 2.32 bits per heavy atom. The molecule has 0 aliphatic carbocycles. The van der Waals surface area contributed by atoms with Crippen molar-refractivity contribution in [3.63, 3.8) is 0 Å². The van der Waals surface area contributed by atoms with Gasteiger partial charge in [-0.3, -0.25) is 0 Å². The van der Waals surface area contributed by atoms with E-state index in [-0.39, 0.29) is 0 Å². The largest absolute Gasteiger partial charge is 0.491 e. The minimum atomic E-state index is 0.564. The average Bonchev–Trinajstić information content (AvgIpc) is 2.45. The molecule has 0 bridgehead atoms. The second-order valence-electron chi connectivity index (χ2n) is 4.22. The smallest absolute Gasteiger partial charge is 0.119 e. The molecule has 0 spiro atoms. The van der Waals surface area contributed by atoms with Gasteiger partial charge in [0.1, 0.15) is 12.4 Å². The van der Waals surface area contributed by atoms with E-state index >= 15 is 0 Å². The molecular weight excluding hydrogens is 238 g/mol. The molecule has 2 rings (SSSR count). The molecule has 0 heterocycles. The third kappa shape index (κ3) is 4.64. The van der Waals surface area contributed by atoms with E-state index in [1.165, 1.54) is 0 Å². The summed E-state index contributed by atoms with van der Waals surface area (Å²) in [6, 6.07) is 17.6. The summed E-state index contributed by atoms with van der Waals surface area (Å²) >= 11 is 0. The fourth-order valence-electron chi connectivity index (χ4n) is 1.78. The molecule has 0 radical (unpaired) electrons. The van der Waals surface area contributed by atoms with Crippen molar-refractivity contribution >= 4 is 5.69 Å². The van der Waals surface area contributed by atoms with Gasteiger partial charge in [0.2, 0.25) is 0 Å². The van der Waals surface area contributed by atoms with Crippen molar-refractivity contribution in [2.24, 2.45) is 0 Å². The van der Waals surface area contributed by atoms with Gasteiger partial charge in [0.05, 0.1) is 13.2 Å². The Morgan fingerprint density at radius 2 is 1.53 bits per heavy atom. The van der Waals surface area contributed by atoms with Gasteiger partial charge >= 0.3 is 0 Å². The number of nitrogens with two attached hydrogens (primary N) is 1. The van der Waals surface area contributed by atoms with Crippen LogP contribution in [0.5, 0.6) is 5.75 Å². The van der Waals surface area contributed by atoms with Crippen molar-refractivity contribution in [2.45, 2.75) is 6.42 Å². The summed E-state index contributed by atoms with van der Waals surface area (Å²) in [6.45, 7) is 1.81. The highest BCUT2D eigenvalue weighted by molar-refractivity contribution is 5.46. The maximum absolute atomic E-state index is 5.86. The molecule has 2 aromatic carbocycles. The highest BCUT2D eigenvalue weighted by Crippen LogP contribution is 2.11. The molecule has 0 saturated carbocycles. The van der Waals surface area contributed by atoms with Gasteiger partial charge in [0.25, 0.3) is 0 Å². The predicted octanol–water partition coefficient (Wildman–Crippen LogP) is 2.91. The third-order valence-corrected chi connectivity index (χ3v) is 2.81. The Kier molecular flexibility index (Phi) is 5.26. The Labute approximate surface area is 114 Å². The van der Waals surface area contributed by atoms with Gasteiger partial charge in [-0.15, -0.1) is 0 Å². The molecule has 0 fully saturated rings. The molecule has 3 heteroatoms. The highest BCUT2D eigenvalue weighted by atomic mass is 16.5. The number of para-hydroxylation sites is 2. The second kappa shape index (κ2) is 7.44. The van der Waals surface area contributed by atoms with E-state index in [2.05, 4.69) is 0 Å². The van der Waals surface area contributed by atoms with Gasteiger partial charge in [0, 0.05) is 5.69 Å². The van der Waals surface area contributed by atoms with Crippen LogP contribution in [0.15, 0.2) is 54.6 Å². The molecule has 0 atom stereocenters.